The summed E-state index contributed by atoms with van der Waals surface area (Å²) in [4.78, 5) is 10.9. The Morgan fingerprint density at radius 2 is 2.33 bits per heavy atom. The molecule has 0 aliphatic carbocycles. The Balaban J connectivity index is 2.21. The minimum Gasteiger partial charge on any atom is -0.362 e. The lowest BCUT2D eigenvalue weighted by atomic mass is 10.1. The van der Waals surface area contributed by atoms with Crippen LogP contribution in [0.25, 0.3) is 0 Å². The highest BCUT2D eigenvalue weighted by atomic mass is 79.9. The summed E-state index contributed by atoms with van der Waals surface area (Å²) in [5.74, 6) is -0.0793. The number of ether oxygens (including phenoxy) is 1. The molecule has 5 heteroatoms. The molecule has 1 aromatic carbocycles. The van der Waals surface area contributed by atoms with Gasteiger partial charge in [-0.25, -0.2) is 0 Å². The molecule has 0 spiro atoms. The lowest BCUT2D eigenvalue weighted by Crippen LogP contribution is -2.38. The summed E-state index contributed by atoms with van der Waals surface area (Å²) in [6.45, 7) is 0.585. The molecule has 2 rings (SSSR count). The summed E-state index contributed by atoms with van der Waals surface area (Å²) < 4.78 is 6.35. The minimum absolute atomic E-state index is 0.0793. The monoisotopic (exact) mass is 289 g/mol. The van der Waals surface area contributed by atoms with Gasteiger partial charge in [-0.3, -0.25) is 4.79 Å². The third-order valence-electron chi connectivity index (χ3n) is 2.21. The van der Waals surface area contributed by atoms with Crippen molar-refractivity contribution in [2.45, 2.75) is 6.10 Å². The predicted octanol–water partition coefficient (Wildman–Crippen LogP) is 2.29. The Bertz CT molecular complexity index is 387. The molecular formula is C10H9BrClNO2. The smallest absolute Gasteiger partial charge is 0.246 e. The molecule has 1 atom stereocenters. The molecular weight excluding hydrogens is 281 g/mol. The van der Waals surface area contributed by atoms with Crippen LogP contribution in [0.2, 0.25) is 5.02 Å². The molecule has 1 amide bonds. The average molecular weight is 291 g/mol. The highest BCUT2D eigenvalue weighted by Crippen LogP contribution is 2.29. The Morgan fingerprint density at radius 3 is 3.00 bits per heavy atom. The van der Waals surface area contributed by atoms with Crippen LogP contribution in [-0.2, 0) is 9.53 Å². The number of hydrogen-bond acceptors (Lipinski definition) is 2. The van der Waals surface area contributed by atoms with Crippen LogP contribution in [0.4, 0.5) is 0 Å². The second-order valence-electron chi connectivity index (χ2n) is 3.27. The Morgan fingerprint density at radius 1 is 1.53 bits per heavy atom. The van der Waals surface area contributed by atoms with Gasteiger partial charge < -0.3 is 10.1 Å². The van der Waals surface area contributed by atoms with Crippen molar-refractivity contribution in [2.75, 3.05) is 13.2 Å². The Kier molecular flexibility index (Phi) is 3.29. The number of rotatable bonds is 1. The number of carbonyl (C=O) groups excluding carboxylic acids is 1. The fourth-order valence-corrected chi connectivity index (χ4v) is 2.14. The number of nitrogens with one attached hydrogen (secondary N) is 1. The second kappa shape index (κ2) is 4.51. The van der Waals surface area contributed by atoms with E-state index in [1.165, 1.54) is 0 Å². The SMILES string of the molecule is O=C1CO[C@H](c2cc(Cl)ccc2Br)CN1. The summed E-state index contributed by atoms with van der Waals surface area (Å²) in [5.41, 5.74) is 0.961. The number of hydrogen-bond donors (Lipinski definition) is 1. The van der Waals surface area contributed by atoms with Crippen molar-refractivity contribution in [3.05, 3.63) is 33.3 Å². The van der Waals surface area contributed by atoms with Crippen LogP contribution < -0.4 is 5.32 Å². The average Bonchev–Trinajstić information content (AvgIpc) is 2.23. The van der Waals surface area contributed by atoms with E-state index in [1.54, 1.807) is 6.07 Å². The number of carbonyl (C=O) groups is 1. The van der Waals surface area contributed by atoms with Gasteiger partial charge in [0.1, 0.15) is 12.7 Å². The van der Waals surface area contributed by atoms with Gasteiger partial charge in [-0.1, -0.05) is 27.5 Å². The van der Waals surface area contributed by atoms with Crippen LogP contribution in [-0.4, -0.2) is 19.1 Å². The van der Waals surface area contributed by atoms with Crippen LogP contribution in [0.5, 0.6) is 0 Å². The van der Waals surface area contributed by atoms with Crippen LogP contribution in [0.1, 0.15) is 11.7 Å². The molecule has 1 fully saturated rings. The van der Waals surface area contributed by atoms with Crippen molar-refractivity contribution in [1.82, 2.24) is 5.32 Å². The van der Waals surface area contributed by atoms with Gasteiger partial charge in [-0.15, -0.1) is 0 Å². The van der Waals surface area contributed by atoms with E-state index in [1.807, 2.05) is 12.1 Å². The standard InChI is InChI=1S/C10H9BrClNO2/c11-8-2-1-6(12)3-7(8)9-4-13-10(14)5-15-9/h1-3,9H,4-5H2,(H,13,14)/t9-/m0/s1. The van der Waals surface area contributed by atoms with E-state index in [9.17, 15) is 4.79 Å². The molecule has 0 saturated carbocycles. The van der Waals surface area contributed by atoms with Gasteiger partial charge in [0.25, 0.3) is 0 Å². The molecule has 1 saturated heterocycles. The predicted molar refractivity (Wildman–Crippen MR) is 60.9 cm³/mol. The quantitative estimate of drug-likeness (QED) is 0.862. The van der Waals surface area contributed by atoms with Crippen LogP contribution in [0.15, 0.2) is 22.7 Å². The lowest BCUT2D eigenvalue weighted by Gasteiger charge is -2.24. The molecule has 0 aromatic heterocycles. The molecule has 1 aliphatic rings. The first-order valence-electron chi connectivity index (χ1n) is 4.50. The zero-order valence-corrected chi connectivity index (χ0v) is 10.1. The van der Waals surface area contributed by atoms with Gasteiger partial charge >= 0.3 is 0 Å². The largest absolute Gasteiger partial charge is 0.362 e. The molecule has 80 valence electrons. The molecule has 0 unspecified atom stereocenters. The van der Waals surface area contributed by atoms with Gasteiger partial charge in [-0.05, 0) is 23.8 Å². The number of benzene rings is 1. The van der Waals surface area contributed by atoms with Crippen molar-refractivity contribution >= 4 is 33.4 Å². The van der Waals surface area contributed by atoms with E-state index in [4.69, 9.17) is 16.3 Å². The van der Waals surface area contributed by atoms with Crippen molar-refractivity contribution < 1.29 is 9.53 Å². The highest BCUT2D eigenvalue weighted by Gasteiger charge is 2.21. The first kappa shape index (κ1) is 10.9. The molecule has 1 N–H and O–H groups in total. The molecule has 1 aromatic rings. The van der Waals surface area contributed by atoms with Crippen molar-refractivity contribution in [2.24, 2.45) is 0 Å². The van der Waals surface area contributed by atoms with Crippen LogP contribution in [0.3, 0.4) is 0 Å². The van der Waals surface area contributed by atoms with E-state index in [0.29, 0.717) is 11.6 Å². The zero-order valence-electron chi connectivity index (χ0n) is 7.80. The van der Waals surface area contributed by atoms with Crippen LogP contribution in [0, 0.1) is 0 Å². The fourth-order valence-electron chi connectivity index (χ4n) is 1.45. The normalized spacial score (nSPS) is 21.2. The molecule has 1 aliphatic heterocycles. The number of halogens is 2. The minimum atomic E-state index is -0.129. The number of morpholine rings is 1. The van der Waals surface area contributed by atoms with E-state index >= 15 is 0 Å². The molecule has 0 bridgehead atoms. The summed E-state index contributed by atoms with van der Waals surface area (Å²) in [7, 11) is 0. The summed E-state index contributed by atoms with van der Waals surface area (Å²) in [5, 5.41) is 3.41. The van der Waals surface area contributed by atoms with Crippen LogP contribution >= 0.6 is 27.5 Å². The topological polar surface area (TPSA) is 38.3 Å². The molecule has 1 heterocycles. The molecule has 15 heavy (non-hydrogen) atoms. The Labute approximate surface area is 101 Å². The maximum atomic E-state index is 10.9. The second-order valence-corrected chi connectivity index (χ2v) is 4.56. The van der Waals surface area contributed by atoms with Gasteiger partial charge in [-0.2, -0.15) is 0 Å². The maximum Gasteiger partial charge on any atom is 0.246 e. The first-order valence-corrected chi connectivity index (χ1v) is 5.67. The summed E-state index contributed by atoms with van der Waals surface area (Å²) in [6, 6.07) is 5.52. The summed E-state index contributed by atoms with van der Waals surface area (Å²) in [6.07, 6.45) is -0.129. The van der Waals surface area contributed by atoms with Crippen molar-refractivity contribution in [1.29, 1.82) is 0 Å². The van der Waals surface area contributed by atoms with E-state index < -0.39 is 0 Å². The van der Waals surface area contributed by atoms with Crippen molar-refractivity contribution in [3.8, 4) is 0 Å². The fraction of sp³-hybridized carbons (Fsp3) is 0.300. The molecule has 3 nitrogen and oxygen atoms in total. The van der Waals surface area contributed by atoms with Crippen molar-refractivity contribution in [3.63, 3.8) is 0 Å². The van der Waals surface area contributed by atoms with E-state index in [2.05, 4.69) is 21.2 Å². The van der Waals surface area contributed by atoms with Gasteiger partial charge in [0, 0.05) is 16.0 Å². The number of amides is 1. The lowest BCUT2D eigenvalue weighted by molar-refractivity contribution is -0.133. The van der Waals surface area contributed by atoms with Gasteiger partial charge in [0.15, 0.2) is 0 Å². The van der Waals surface area contributed by atoms with Gasteiger partial charge in [0.2, 0.25) is 5.91 Å². The van der Waals surface area contributed by atoms with Gasteiger partial charge in [0.05, 0.1) is 0 Å². The highest BCUT2D eigenvalue weighted by molar-refractivity contribution is 9.10. The third kappa shape index (κ3) is 2.51. The van der Waals surface area contributed by atoms with E-state index in [0.717, 1.165) is 10.0 Å². The summed E-state index contributed by atoms with van der Waals surface area (Å²) >= 11 is 9.33. The first-order chi connectivity index (χ1) is 7.16. The molecule has 0 radical (unpaired) electrons. The Hall–Kier alpha value is -0.580. The zero-order chi connectivity index (χ0) is 10.8. The maximum absolute atomic E-state index is 10.9. The van der Waals surface area contributed by atoms with E-state index in [-0.39, 0.29) is 18.6 Å². The third-order valence-corrected chi connectivity index (χ3v) is 3.16.